The van der Waals surface area contributed by atoms with Crippen LogP contribution in [0.15, 0.2) is 0 Å². The lowest BCUT2D eigenvalue weighted by atomic mass is 10.0. The molecule has 0 spiro atoms. The van der Waals surface area contributed by atoms with Gasteiger partial charge in [0, 0.05) is 19.6 Å². The number of nitrogens with zero attached hydrogens (tertiary/aromatic N) is 1. The molecule has 2 aliphatic rings. The van der Waals surface area contributed by atoms with Crippen LogP contribution >= 0.6 is 0 Å². The Bertz CT molecular complexity index is 226. The first-order valence-corrected chi connectivity index (χ1v) is 5.78. The van der Waals surface area contributed by atoms with Crippen LogP contribution in [0.2, 0.25) is 0 Å². The van der Waals surface area contributed by atoms with Crippen LogP contribution in [0.1, 0.15) is 19.3 Å². The Morgan fingerprint density at radius 3 is 2.67 bits per heavy atom. The van der Waals surface area contributed by atoms with E-state index in [9.17, 15) is 4.79 Å². The number of morpholine rings is 1. The standard InChI is InChI=1S/C11H19NO3/c13-11(14)10-2-1-9(7-10)8-12-3-5-15-6-4-12/h9-10H,1-8H2,(H,13,14). The van der Waals surface area contributed by atoms with Crippen LogP contribution in [0, 0.1) is 11.8 Å². The monoisotopic (exact) mass is 213 g/mol. The third-order valence-electron chi connectivity index (χ3n) is 3.51. The molecule has 1 N–H and O–H groups in total. The minimum Gasteiger partial charge on any atom is -0.481 e. The predicted molar refractivity (Wildman–Crippen MR) is 55.7 cm³/mol. The van der Waals surface area contributed by atoms with E-state index in [1.807, 2.05) is 0 Å². The molecule has 86 valence electrons. The van der Waals surface area contributed by atoms with Crippen molar-refractivity contribution < 1.29 is 14.6 Å². The topological polar surface area (TPSA) is 49.8 Å². The summed E-state index contributed by atoms with van der Waals surface area (Å²) < 4.78 is 5.29. The Kier molecular flexibility index (Phi) is 3.59. The highest BCUT2D eigenvalue weighted by Gasteiger charge is 2.30. The van der Waals surface area contributed by atoms with Crippen molar-refractivity contribution in [3.63, 3.8) is 0 Å². The van der Waals surface area contributed by atoms with Crippen LogP contribution < -0.4 is 0 Å². The van der Waals surface area contributed by atoms with Crippen LogP contribution in [0.3, 0.4) is 0 Å². The van der Waals surface area contributed by atoms with Gasteiger partial charge in [-0.2, -0.15) is 0 Å². The molecule has 1 saturated carbocycles. The molecular formula is C11H19NO3. The summed E-state index contributed by atoms with van der Waals surface area (Å²) in [5, 5.41) is 8.90. The van der Waals surface area contributed by atoms with E-state index in [1.54, 1.807) is 0 Å². The summed E-state index contributed by atoms with van der Waals surface area (Å²) in [6.45, 7) is 4.74. The lowest BCUT2D eigenvalue weighted by Gasteiger charge is -2.28. The Labute approximate surface area is 90.2 Å². The third kappa shape index (κ3) is 2.92. The Balaban J connectivity index is 1.74. The van der Waals surface area contributed by atoms with Crippen LogP contribution in [0.4, 0.5) is 0 Å². The molecule has 4 heteroatoms. The van der Waals surface area contributed by atoms with Gasteiger partial charge in [-0.1, -0.05) is 0 Å². The van der Waals surface area contributed by atoms with E-state index < -0.39 is 5.97 Å². The molecule has 1 aliphatic heterocycles. The molecule has 1 aliphatic carbocycles. The van der Waals surface area contributed by atoms with E-state index in [2.05, 4.69) is 4.90 Å². The highest BCUT2D eigenvalue weighted by Crippen LogP contribution is 2.31. The molecule has 2 atom stereocenters. The molecule has 2 fully saturated rings. The first kappa shape index (κ1) is 10.9. The fourth-order valence-corrected chi connectivity index (χ4v) is 2.61. The Morgan fingerprint density at radius 2 is 2.07 bits per heavy atom. The van der Waals surface area contributed by atoms with Crippen LogP contribution in [-0.4, -0.2) is 48.8 Å². The van der Waals surface area contributed by atoms with Crippen molar-refractivity contribution in [1.29, 1.82) is 0 Å². The molecule has 0 aromatic carbocycles. The van der Waals surface area contributed by atoms with E-state index in [1.165, 1.54) is 0 Å². The maximum Gasteiger partial charge on any atom is 0.306 e. The average molecular weight is 213 g/mol. The van der Waals surface area contributed by atoms with Gasteiger partial charge in [0.2, 0.25) is 0 Å². The highest BCUT2D eigenvalue weighted by atomic mass is 16.5. The van der Waals surface area contributed by atoms with E-state index >= 15 is 0 Å². The predicted octanol–water partition coefficient (Wildman–Crippen LogP) is 0.820. The summed E-state index contributed by atoms with van der Waals surface area (Å²) in [6.07, 6.45) is 2.81. The van der Waals surface area contributed by atoms with Crippen molar-refractivity contribution >= 4 is 5.97 Å². The van der Waals surface area contributed by atoms with Crippen molar-refractivity contribution in [3.8, 4) is 0 Å². The molecule has 4 nitrogen and oxygen atoms in total. The zero-order valence-electron chi connectivity index (χ0n) is 9.02. The average Bonchev–Trinajstić information content (AvgIpc) is 2.68. The summed E-state index contributed by atoms with van der Waals surface area (Å²) in [5.74, 6) is -0.111. The molecule has 0 aromatic heterocycles. The van der Waals surface area contributed by atoms with E-state index in [4.69, 9.17) is 9.84 Å². The molecule has 2 rings (SSSR count). The highest BCUT2D eigenvalue weighted by molar-refractivity contribution is 5.70. The zero-order chi connectivity index (χ0) is 10.7. The van der Waals surface area contributed by atoms with Gasteiger partial charge >= 0.3 is 5.97 Å². The van der Waals surface area contributed by atoms with Crippen LogP contribution in [0.25, 0.3) is 0 Å². The van der Waals surface area contributed by atoms with Gasteiger partial charge in [0.25, 0.3) is 0 Å². The number of ether oxygens (including phenoxy) is 1. The summed E-state index contributed by atoms with van der Waals surface area (Å²) >= 11 is 0. The van der Waals surface area contributed by atoms with E-state index in [0.717, 1.165) is 52.1 Å². The van der Waals surface area contributed by atoms with Gasteiger partial charge < -0.3 is 9.84 Å². The fraction of sp³-hybridized carbons (Fsp3) is 0.909. The third-order valence-corrected chi connectivity index (χ3v) is 3.51. The number of carboxylic acid groups (broad SMARTS) is 1. The Morgan fingerprint density at radius 1 is 1.33 bits per heavy atom. The first-order valence-electron chi connectivity index (χ1n) is 5.78. The fourth-order valence-electron chi connectivity index (χ4n) is 2.61. The lowest BCUT2D eigenvalue weighted by Crippen LogP contribution is -2.39. The van der Waals surface area contributed by atoms with Crippen LogP contribution in [0.5, 0.6) is 0 Å². The minimum atomic E-state index is -0.612. The van der Waals surface area contributed by atoms with Gasteiger partial charge in [-0.25, -0.2) is 0 Å². The van der Waals surface area contributed by atoms with Crippen molar-refractivity contribution in [1.82, 2.24) is 4.90 Å². The van der Waals surface area contributed by atoms with Gasteiger partial charge in [0.1, 0.15) is 0 Å². The number of rotatable bonds is 3. The summed E-state index contributed by atoms with van der Waals surface area (Å²) in [4.78, 5) is 13.2. The molecule has 0 radical (unpaired) electrons. The second-order valence-corrected chi connectivity index (χ2v) is 4.63. The zero-order valence-corrected chi connectivity index (χ0v) is 9.02. The molecule has 0 amide bonds. The molecule has 1 heterocycles. The van der Waals surface area contributed by atoms with Crippen molar-refractivity contribution in [3.05, 3.63) is 0 Å². The van der Waals surface area contributed by atoms with Crippen molar-refractivity contribution in [2.75, 3.05) is 32.8 Å². The van der Waals surface area contributed by atoms with Gasteiger partial charge in [-0.15, -0.1) is 0 Å². The SMILES string of the molecule is O=C(O)C1CCC(CN2CCOCC2)C1. The quantitative estimate of drug-likeness (QED) is 0.754. The van der Waals surface area contributed by atoms with Gasteiger partial charge in [-0.05, 0) is 25.2 Å². The molecule has 0 aromatic rings. The van der Waals surface area contributed by atoms with Gasteiger partial charge in [0.15, 0.2) is 0 Å². The minimum absolute atomic E-state index is 0.0870. The smallest absolute Gasteiger partial charge is 0.306 e. The molecular weight excluding hydrogens is 194 g/mol. The summed E-state index contributed by atoms with van der Waals surface area (Å²) in [5.41, 5.74) is 0. The van der Waals surface area contributed by atoms with Gasteiger partial charge in [-0.3, -0.25) is 9.69 Å². The maximum atomic E-state index is 10.8. The second-order valence-electron chi connectivity index (χ2n) is 4.63. The molecule has 2 unspecified atom stereocenters. The van der Waals surface area contributed by atoms with E-state index in [0.29, 0.717) is 5.92 Å². The molecule has 1 saturated heterocycles. The number of carbonyl (C=O) groups is 1. The number of hydrogen-bond donors (Lipinski definition) is 1. The largest absolute Gasteiger partial charge is 0.481 e. The summed E-state index contributed by atoms with van der Waals surface area (Å²) in [6, 6.07) is 0. The van der Waals surface area contributed by atoms with Crippen molar-refractivity contribution in [2.45, 2.75) is 19.3 Å². The Hall–Kier alpha value is -0.610. The maximum absolute atomic E-state index is 10.8. The van der Waals surface area contributed by atoms with Crippen LogP contribution in [-0.2, 0) is 9.53 Å². The van der Waals surface area contributed by atoms with Gasteiger partial charge in [0.05, 0.1) is 19.1 Å². The normalized spacial score (nSPS) is 33.1. The summed E-state index contributed by atoms with van der Waals surface area (Å²) in [7, 11) is 0. The number of aliphatic carboxylic acids is 1. The van der Waals surface area contributed by atoms with Crippen molar-refractivity contribution in [2.24, 2.45) is 11.8 Å². The number of carboxylic acids is 1. The first-order chi connectivity index (χ1) is 7.25. The number of hydrogen-bond acceptors (Lipinski definition) is 3. The molecule has 15 heavy (non-hydrogen) atoms. The molecule has 0 bridgehead atoms. The second kappa shape index (κ2) is 4.94. The lowest BCUT2D eigenvalue weighted by molar-refractivity contribution is -0.141. The van der Waals surface area contributed by atoms with E-state index in [-0.39, 0.29) is 5.92 Å².